The Labute approximate surface area is 200 Å². The molecule has 0 bridgehead atoms. The van der Waals surface area contributed by atoms with Gasteiger partial charge in [0.2, 0.25) is 21.8 Å². The van der Waals surface area contributed by atoms with E-state index in [1.165, 1.54) is 44.4 Å². The molecule has 1 N–H and O–H groups in total. The maximum atomic E-state index is 13.2. The molecule has 4 aromatic rings. The van der Waals surface area contributed by atoms with Crippen LogP contribution in [0.5, 0.6) is 11.5 Å². The molecule has 3 heterocycles. The molecule has 13 heteroatoms. The normalized spacial score (nSPS) is 12.4. The second kappa shape index (κ2) is 9.69. The van der Waals surface area contributed by atoms with Gasteiger partial charge in [0.05, 0.1) is 30.8 Å². The third kappa shape index (κ3) is 4.68. The quantitative estimate of drug-likeness (QED) is 0.364. The largest absolute Gasteiger partial charge is 0.494 e. The minimum Gasteiger partial charge on any atom is -0.494 e. The van der Waals surface area contributed by atoms with Crippen LogP contribution in [0.3, 0.4) is 0 Å². The summed E-state index contributed by atoms with van der Waals surface area (Å²) in [6.45, 7) is 1.54. The number of aromatic nitrogens is 5. The highest BCUT2D eigenvalue weighted by molar-refractivity contribution is 7.93. The fourth-order valence-electron chi connectivity index (χ4n) is 3.22. The summed E-state index contributed by atoms with van der Waals surface area (Å²) in [5.41, 5.74) is 0.398. The number of hydrogen-bond acceptors (Lipinski definition) is 9. The molecule has 0 unspecified atom stereocenters. The van der Waals surface area contributed by atoms with Crippen LogP contribution in [-0.2, 0) is 16.4 Å². The Kier molecular flexibility index (Phi) is 6.70. The van der Waals surface area contributed by atoms with Crippen LogP contribution in [0.1, 0.15) is 12.7 Å². The van der Waals surface area contributed by atoms with Gasteiger partial charge in [0, 0.05) is 18.8 Å². The van der Waals surface area contributed by atoms with Crippen LogP contribution in [0.25, 0.3) is 17.3 Å². The van der Waals surface area contributed by atoms with Crippen LogP contribution in [0.4, 0.5) is 5.95 Å². The van der Waals surface area contributed by atoms with E-state index in [1.54, 1.807) is 30.3 Å². The molecule has 0 radical (unpaired) electrons. The van der Waals surface area contributed by atoms with Gasteiger partial charge in [-0.15, -0.1) is 10.2 Å². The number of para-hydroxylation sites is 1. The number of nitrogens with zero attached hydrogens (tertiary/aromatic N) is 5. The molecule has 0 spiro atoms. The Hall–Kier alpha value is -3.64. The van der Waals surface area contributed by atoms with Crippen LogP contribution in [0.15, 0.2) is 53.4 Å². The summed E-state index contributed by atoms with van der Waals surface area (Å²) in [5.74, 6) is 1.71. The van der Waals surface area contributed by atoms with Crippen molar-refractivity contribution in [3.05, 3.63) is 59.8 Å². The molecule has 3 aromatic heterocycles. The third-order valence-corrected chi connectivity index (χ3v) is 6.83. The van der Waals surface area contributed by atoms with Gasteiger partial charge < -0.3 is 13.9 Å². The molecule has 34 heavy (non-hydrogen) atoms. The zero-order valence-electron chi connectivity index (χ0n) is 18.5. The number of rotatable bonds is 9. The number of benzene rings is 1. The number of methoxy groups -OCH3 is 2. The Bertz CT molecular complexity index is 1350. The van der Waals surface area contributed by atoms with Crippen LogP contribution in [0.2, 0.25) is 5.02 Å². The van der Waals surface area contributed by atoms with E-state index < -0.39 is 15.3 Å². The molecule has 1 atom stereocenters. The molecule has 0 amide bonds. The summed E-state index contributed by atoms with van der Waals surface area (Å²) in [6, 6.07) is 8.54. The van der Waals surface area contributed by atoms with Gasteiger partial charge in [-0.05, 0) is 31.2 Å². The Balaban J connectivity index is 1.77. The summed E-state index contributed by atoms with van der Waals surface area (Å²) < 4.78 is 46.9. The predicted molar refractivity (Wildman–Crippen MR) is 125 cm³/mol. The summed E-state index contributed by atoms with van der Waals surface area (Å²) in [4.78, 5) is 8.15. The number of anilines is 1. The Morgan fingerprint density at radius 1 is 1.09 bits per heavy atom. The van der Waals surface area contributed by atoms with Crippen molar-refractivity contribution in [2.75, 3.05) is 18.9 Å². The fraction of sp³-hybridized carbons (Fsp3) is 0.238. The molecule has 11 nitrogen and oxygen atoms in total. The maximum Gasteiger partial charge on any atom is 0.243 e. The number of halogens is 1. The van der Waals surface area contributed by atoms with E-state index in [1.807, 2.05) is 0 Å². The molecule has 0 fully saturated rings. The number of nitrogens with one attached hydrogen (secondary N) is 1. The summed E-state index contributed by atoms with van der Waals surface area (Å²) in [6.07, 6.45) is 4.36. The van der Waals surface area contributed by atoms with Gasteiger partial charge in [0.15, 0.2) is 5.76 Å². The van der Waals surface area contributed by atoms with Crippen LogP contribution in [-0.4, -0.2) is 52.6 Å². The molecule has 4 rings (SSSR count). The summed E-state index contributed by atoms with van der Waals surface area (Å²) in [7, 11) is -0.959. The first-order valence-corrected chi connectivity index (χ1v) is 11.9. The predicted octanol–water partition coefficient (Wildman–Crippen LogP) is 3.36. The topological polar surface area (TPSA) is 134 Å². The van der Waals surface area contributed by atoms with Gasteiger partial charge in [0.1, 0.15) is 23.0 Å². The molecule has 0 saturated carbocycles. The second-order valence-corrected chi connectivity index (χ2v) is 9.69. The molecule has 178 valence electrons. The number of hydrogen-bond donors (Lipinski definition) is 1. The van der Waals surface area contributed by atoms with E-state index in [4.69, 9.17) is 25.5 Å². The van der Waals surface area contributed by atoms with Gasteiger partial charge in [-0.2, -0.15) is 0 Å². The van der Waals surface area contributed by atoms with Crippen LogP contribution < -0.4 is 14.2 Å². The van der Waals surface area contributed by atoms with Crippen molar-refractivity contribution in [3.63, 3.8) is 0 Å². The minimum atomic E-state index is -3.95. The zero-order valence-corrected chi connectivity index (χ0v) is 20.0. The molecule has 0 aliphatic rings. The SMILES string of the molecule is COc1cccc(OC)c1-n1c(NS(=O)(=O)[C@H](C)Cc2ncc(Cl)cn2)nnc1-c1ccco1. The number of sulfonamides is 1. The van der Waals surface area contributed by atoms with E-state index in [-0.39, 0.29) is 18.2 Å². The highest BCUT2D eigenvalue weighted by atomic mass is 35.5. The summed E-state index contributed by atoms with van der Waals surface area (Å²) in [5, 5.41) is 7.72. The van der Waals surface area contributed by atoms with E-state index in [9.17, 15) is 8.42 Å². The lowest BCUT2D eigenvalue weighted by molar-refractivity contribution is 0.391. The Morgan fingerprint density at radius 3 is 2.35 bits per heavy atom. The first-order valence-electron chi connectivity index (χ1n) is 10.0. The fourth-order valence-corrected chi connectivity index (χ4v) is 4.27. The second-order valence-electron chi connectivity index (χ2n) is 7.15. The van der Waals surface area contributed by atoms with Crippen molar-refractivity contribution in [2.24, 2.45) is 0 Å². The zero-order chi connectivity index (χ0) is 24.3. The van der Waals surface area contributed by atoms with E-state index >= 15 is 0 Å². The first kappa shape index (κ1) is 23.5. The van der Waals surface area contributed by atoms with E-state index in [2.05, 4.69) is 24.9 Å². The van der Waals surface area contributed by atoms with Crippen molar-refractivity contribution >= 4 is 27.6 Å². The highest BCUT2D eigenvalue weighted by Crippen LogP contribution is 2.37. The lowest BCUT2D eigenvalue weighted by Gasteiger charge is -2.18. The van der Waals surface area contributed by atoms with Crippen LogP contribution >= 0.6 is 11.6 Å². The average molecular weight is 505 g/mol. The Morgan fingerprint density at radius 2 is 1.76 bits per heavy atom. The van der Waals surface area contributed by atoms with Gasteiger partial charge in [0.25, 0.3) is 0 Å². The van der Waals surface area contributed by atoms with Crippen molar-refractivity contribution in [1.29, 1.82) is 0 Å². The first-order chi connectivity index (χ1) is 16.3. The lowest BCUT2D eigenvalue weighted by atomic mass is 10.2. The smallest absolute Gasteiger partial charge is 0.243 e. The van der Waals surface area contributed by atoms with Crippen molar-refractivity contribution in [1.82, 2.24) is 24.7 Å². The standard InChI is InChI=1S/C21H21ClN6O5S/c1-13(10-18-23-11-14(22)12-24-18)34(29,30)27-21-26-25-20(17-8-5-9-33-17)28(21)19-15(31-2)6-4-7-16(19)32-3/h4-9,11-13H,10H2,1-3H3,(H,26,27)/t13-/m1/s1. The molecule has 1 aromatic carbocycles. The molecular weight excluding hydrogens is 484 g/mol. The van der Waals surface area contributed by atoms with Crippen molar-refractivity contribution < 1.29 is 22.3 Å². The summed E-state index contributed by atoms with van der Waals surface area (Å²) >= 11 is 5.81. The molecule has 0 aliphatic heterocycles. The van der Waals surface area contributed by atoms with Gasteiger partial charge >= 0.3 is 0 Å². The van der Waals surface area contributed by atoms with Crippen molar-refractivity contribution in [2.45, 2.75) is 18.6 Å². The maximum absolute atomic E-state index is 13.2. The lowest BCUT2D eigenvalue weighted by Crippen LogP contribution is -2.29. The highest BCUT2D eigenvalue weighted by Gasteiger charge is 2.29. The molecule has 0 aliphatic carbocycles. The van der Waals surface area contributed by atoms with E-state index in [0.29, 0.717) is 33.8 Å². The van der Waals surface area contributed by atoms with Crippen molar-refractivity contribution in [3.8, 4) is 28.8 Å². The average Bonchev–Trinajstić information content (AvgIpc) is 3.49. The molecule has 0 saturated heterocycles. The van der Waals surface area contributed by atoms with E-state index in [0.717, 1.165) is 0 Å². The number of ether oxygens (including phenoxy) is 2. The molecular formula is C21H21ClN6O5S. The van der Waals surface area contributed by atoms with Gasteiger partial charge in [-0.3, -0.25) is 9.29 Å². The van der Waals surface area contributed by atoms with Gasteiger partial charge in [-0.1, -0.05) is 17.7 Å². The third-order valence-electron chi connectivity index (χ3n) is 4.94. The number of furan rings is 1. The minimum absolute atomic E-state index is 0.0592. The van der Waals surface area contributed by atoms with Gasteiger partial charge in [-0.25, -0.2) is 18.4 Å². The van der Waals surface area contributed by atoms with Crippen LogP contribution in [0, 0.1) is 0 Å². The monoisotopic (exact) mass is 504 g/mol.